The van der Waals surface area contributed by atoms with Gasteiger partial charge in [-0.1, -0.05) is 38.5 Å². The summed E-state index contributed by atoms with van der Waals surface area (Å²) >= 11 is 0. The molecule has 3 N–H and O–H groups in total. The summed E-state index contributed by atoms with van der Waals surface area (Å²) < 4.78 is 0. The second-order valence-corrected chi connectivity index (χ2v) is 8.81. The Labute approximate surface area is 170 Å². The topological polar surface area (TPSA) is 63.3 Å². The molecule has 0 fully saturated rings. The molecule has 0 radical (unpaired) electrons. The SMILES string of the molecule is C=C[C@@H](C)C1CC/C(C)=C/CCC(C)C(C)C1.CC(C)(C)N.CC=O.CO. The van der Waals surface area contributed by atoms with Crippen LogP contribution in [0.2, 0.25) is 0 Å². The van der Waals surface area contributed by atoms with E-state index in [1.807, 2.05) is 20.8 Å². The molecule has 0 aromatic carbocycles. The fourth-order valence-corrected chi connectivity index (χ4v) is 2.89. The third-order valence-corrected chi connectivity index (χ3v) is 4.79. The predicted molar refractivity (Wildman–Crippen MR) is 122 cm³/mol. The van der Waals surface area contributed by atoms with Gasteiger partial charge in [-0.05, 0) is 90.4 Å². The summed E-state index contributed by atoms with van der Waals surface area (Å²) in [6.07, 6.45) is 12.0. The molecule has 1 rings (SSSR count). The number of carbonyl (C=O) groups is 1. The zero-order valence-corrected chi connectivity index (χ0v) is 19.7. The fraction of sp³-hybridized carbons (Fsp3) is 0.792. The molecule has 162 valence electrons. The molecule has 0 aliphatic heterocycles. The van der Waals surface area contributed by atoms with Crippen molar-refractivity contribution in [1.29, 1.82) is 0 Å². The van der Waals surface area contributed by atoms with Gasteiger partial charge in [0.05, 0.1) is 0 Å². The zero-order valence-electron chi connectivity index (χ0n) is 19.7. The van der Waals surface area contributed by atoms with Gasteiger partial charge in [0.15, 0.2) is 0 Å². The van der Waals surface area contributed by atoms with E-state index >= 15 is 0 Å². The summed E-state index contributed by atoms with van der Waals surface area (Å²) in [7, 11) is 1.00. The number of nitrogens with two attached hydrogens (primary N) is 1. The normalized spacial score (nSPS) is 26.0. The predicted octanol–water partition coefficient (Wildman–Crippen LogP) is 6.16. The van der Waals surface area contributed by atoms with Crippen molar-refractivity contribution in [3.8, 4) is 0 Å². The van der Waals surface area contributed by atoms with Crippen LogP contribution in [0, 0.1) is 23.7 Å². The van der Waals surface area contributed by atoms with E-state index in [2.05, 4.69) is 46.4 Å². The van der Waals surface area contributed by atoms with Crippen molar-refractivity contribution >= 4 is 6.29 Å². The molecule has 3 nitrogen and oxygen atoms in total. The van der Waals surface area contributed by atoms with Crippen LogP contribution < -0.4 is 5.73 Å². The van der Waals surface area contributed by atoms with Gasteiger partial charge in [-0.25, -0.2) is 0 Å². The maximum atomic E-state index is 8.81. The second kappa shape index (κ2) is 18.4. The Morgan fingerprint density at radius 2 is 1.67 bits per heavy atom. The molecule has 3 heteroatoms. The molecule has 4 atom stereocenters. The zero-order chi connectivity index (χ0) is 22.0. The van der Waals surface area contributed by atoms with E-state index in [0.29, 0.717) is 5.92 Å². The standard InChI is InChI=1S/C17H30.C4H11N.C2H4O.CH4O/c1-6-14(3)17-11-10-13(2)8-7-9-15(4)16(5)12-17;1-4(2,3)5;1-2-3;1-2/h6,8,14-17H,1,7,9-12H2,2-5H3;5H2,1-3H3;2H,1H3;2H,1H3/b13-8+;;;/t14-,15?,16?,17?;;;/m1.../s1. The molecular formula is C24H49NO2. The minimum absolute atomic E-state index is 0. The van der Waals surface area contributed by atoms with Crippen molar-refractivity contribution in [1.82, 2.24) is 0 Å². The molecule has 3 unspecified atom stereocenters. The molecule has 1 aliphatic rings. The van der Waals surface area contributed by atoms with Crippen LogP contribution in [-0.2, 0) is 4.79 Å². The molecule has 0 saturated carbocycles. The van der Waals surface area contributed by atoms with Crippen LogP contribution in [0.3, 0.4) is 0 Å². The summed E-state index contributed by atoms with van der Waals surface area (Å²) in [4.78, 5) is 8.81. The van der Waals surface area contributed by atoms with Crippen LogP contribution in [0.4, 0.5) is 0 Å². The average molecular weight is 384 g/mol. The molecule has 0 amide bonds. The molecule has 0 bridgehead atoms. The minimum atomic E-state index is 0. The van der Waals surface area contributed by atoms with Crippen LogP contribution in [0.25, 0.3) is 0 Å². The number of aldehydes is 1. The highest BCUT2D eigenvalue weighted by Crippen LogP contribution is 2.33. The number of aliphatic hydroxyl groups excluding tert-OH is 1. The first kappa shape index (κ1) is 30.8. The van der Waals surface area contributed by atoms with Crippen LogP contribution in [-0.4, -0.2) is 24.0 Å². The van der Waals surface area contributed by atoms with E-state index in [1.54, 1.807) is 5.57 Å². The highest BCUT2D eigenvalue weighted by Gasteiger charge is 2.21. The third kappa shape index (κ3) is 23.0. The van der Waals surface area contributed by atoms with Crippen molar-refractivity contribution in [3.63, 3.8) is 0 Å². The fourth-order valence-electron chi connectivity index (χ4n) is 2.89. The number of allylic oxidation sites excluding steroid dienone is 3. The first-order chi connectivity index (χ1) is 12.5. The number of hydrogen-bond donors (Lipinski definition) is 2. The van der Waals surface area contributed by atoms with Crippen molar-refractivity contribution < 1.29 is 9.90 Å². The molecule has 0 heterocycles. The van der Waals surface area contributed by atoms with E-state index in [9.17, 15) is 0 Å². The van der Waals surface area contributed by atoms with Crippen LogP contribution in [0.5, 0.6) is 0 Å². The highest BCUT2D eigenvalue weighted by molar-refractivity contribution is 5.44. The second-order valence-electron chi connectivity index (χ2n) is 8.81. The van der Waals surface area contributed by atoms with Crippen LogP contribution in [0.15, 0.2) is 24.3 Å². The van der Waals surface area contributed by atoms with Gasteiger partial charge >= 0.3 is 0 Å². The van der Waals surface area contributed by atoms with Crippen LogP contribution in [0.1, 0.15) is 87.5 Å². The van der Waals surface area contributed by atoms with E-state index in [0.717, 1.165) is 31.1 Å². The molecule has 0 saturated heterocycles. The van der Waals surface area contributed by atoms with E-state index in [4.69, 9.17) is 15.6 Å². The summed E-state index contributed by atoms with van der Waals surface area (Å²) in [6, 6.07) is 0. The van der Waals surface area contributed by atoms with Crippen LogP contribution >= 0.6 is 0 Å². The number of carbonyl (C=O) groups excluding carboxylic acids is 1. The lowest BCUT2D eigenvalue weighted by molar-refractivity contribution is -0.106. The van der Waals surface area contributed by atoms with Crippen molar-refractivity contribution in [2.24, 2.45) is 29.4 Å². The molecular weight excluding hydrogens is 334 g/mol. The van der Waals surface area contributed by atoms with E-state index in [-0.39, 0.29) is 5.54 Å². The average Bonchev–Trinajstić information content (AvgIpc) is 2.58. The lowest BCUT2D eigenvalue weighted by atomic mass is 9.77. The van der Waals surface area contributed by atoms with Gasteiger partial charge in [0.2, 0.25) is 0 Å². The Kier molecular flexibility index (Phi) is 21.0. The quantitative estimate of drug-likeness (QED) is 0.443. The van der Waals surface area contributed by atoms with Crippen molar-refractivity contribution in [3.05, 3.63) is 24.3 Å². The summed E-state index contributed by atoms with van der Waals surface area (Å²) in [5.74, 6) is 3.20. The molecule has 1 aliphatic carbocycles. The van der Waals surface area contributed by atoms with E-state index < -0.39 is 0 Å². The Morgan fingerprint density at radius 1 is 1.22 bits per heavy atom. The third-order valence-electron chi connectivity index (χ3n) is 4.79. The largest absolute Gasteiger partial charge is 0.400 e. The minimum Gasteiger partial charge on any atom is -0.400 e. The maximum absolute atomic E-state index is 8.81. The Balaban J connectivity index is -0.000000481. The number of rotatable bonds is 2. The lowest BCUT2D eigenvalue weighted by Crippen LogP contribution is -2.26. The van der Waals surface area contributed by atoms with Crippen molar-refractivity contribution in [2.45, 2.75) is 93.0 Å². The monoisotopic (exact) mass is 383 g/mol. The maximum Gasteiger partial charge on any atom is 0.116 e. The number of aliphatic hydroxyl groups is 1. The summed E-state index contributed by atoms with van der Waals surface area (Å²) in [6.45, 7) is 20.8. The molecule has 0 aromatic heterocycles. The van der Waals surface area contributed by atoms with Gasteiger partial charge in [-0.2, -0.15) is 0 Å². The Hall–Kier alpha value is -0.930. The summed E-state index contributed by atoms with van der Waals surface area (Å²) in [5.41, 5.74) is 6.94. The molecule has 27 heavy (non-hydrogen) atoms. The first-order valence-corrected chi connectivity index (χ1v) is 10.4. The van der Waals surface area contributed by atoms with Gasteiger partial charge < -0.3 is 15.6 Å². The molecule has 0 spiro atoms. The smallest absolute Gasteiger partial charge is 0.116 e. The van der Waals surface area contributed by atoms with Gasteiger partial charge in [0, 0.05) is 12.6 Å². The lowest BCUT2D eigenvalue weighted by Gasteiger charge is -2.29. The first-order valence-electron chi connectivity index (χ1n) is 10.4. The van der Waals surface area contributed by atoms with Gasteiger partial charge in [-0.15, -0.1) is 6.58 Å². The summed E-state index contributed by atoms with van der Waals surface area (Å²) in [5, 5.41) is 7.00. The highest BCUT2D eigenvalue weighted by atomic mass is 16.2. The van der Waals surface area contributed by atoms with Gasteiger partial charge in [0.25, 0.3) is 0 Å². The van der Waals surface area contributed by atoms with Gasteiger partial charge in [-0.3, -0.25) is 0 Å². The number of hydrogen-bond acceptors (Lipinski definition) is 3. The Bertz CT molecular complexity index is 376. The van der Waals surface area contributed by atoms with E-state index in [1.165, 1.54) is 39.0 Å². The van der Waals surface area contributed by atoms with Crippen molar-refractivity contribution in [2.75, 3.05) is 7.11 Å². The molecule has 0 aromatic rings. The van der Waals surface area contributed by atoms with Gasteiger partial charge in [0.1, 0.15) is 6.29 Å². The Morgan fingerprint density at radius 3 is 2.07 bits per heavy atom.